The number of thiol groups is 1. The summed E-state index contributed by atoms with van der Waals surface area (Å²) in [6.45, 7) is 1.83. The van der Waals surface area contributed by atoms with Crippen LogP contribution in [0.25, 0.3) is 0 Å². The first-order valence-electron chi connectivity index (χ1n) is 1.60. The summed E-state index contributed by atoms with van der Waals surface area (Å²) >= 11 is 3.88. The summed E-state index contributed by atoms with van der Waals surface area (Å²) in [5.74, 6) is 0. The highest BCUT2D eigenvalue weighted by Crippen LogP contribution is 2.16. The van der Waals surface area contributed by atoms with Gasteiger partial charge in [0.05, 0.1) is 0 Å². The minimum absolute atomic E-state index is 1.17. The van der Waals surface area contributed by atoms with Crippen LogP contribution in [0.1, 0.15) is 6.42 Å². The predicted molar refractivity (Wildman–Crippen MR) is 27.4 cm³/mol. The topological polar surface area (TPSA) is 0 Å². The van der Waals surface area contributed by atoms with E-state index >= 15 is 0 Å². The van der Waals surface area contributed by atoms with Crippen LogP contribution in [-0.2, 0) is 0 Å². The molecular formula is C3H4BS. The lowest BCUT2D eigenvalue weighted by Crippen LogP contribution is -1.64. The lowest BCUT2D eigenvalue weighted by Gasteiger charge is -1.62. The monoisotopic (exact) mass is 83.0 g/mol. The largest absolute Gasteiger partial charge is 0.228 e. The third kappa shape index (κ3) is 0.726. The van der Waals surface area contributed by atoms with E-state index in [1.54, 1.807) is 0 Å². The van der Waals surface area contributed by atoms with E-state index in [0.29, 0.717) is 0 Å². The summed E-state index contributed by atoms with van der Waals surface area (Å²) < 4.78 is 0. The Morgan fingerprint density at radius 2 is 2.60 bits per heavy atom. The zero-order chi connectivity index (χ0) is 3.70. The van der Waals surface area contributed by atoms with E-state index < -0.39 is 0 Å². The molecule has 0 bridgehead atoms. The van der Waals surface area contributed by atoms with Crippen molar-refractivity contribution in [1.82, 2.24) is 0 Å². The summed E-state index contributed by atoms with van der Waals surface area (Å²) in [7, 11) is 0. The Bertz CT molecular complexity index is 67.3. The van der Waals surface area contributed by atoms with Gasteiger partial charge in [0, 0.05) is 0 Å². The van der Waals surface area contributed by atoms with Crippen LogP contribution in [0.15, 0.2) is 11.5 Å². The molecule has 0 saturated heterocycles. The molecule has 0 aromatic carbocycles. The van der Waals surface area contributed by atoms with Gasteiger partial charge in [0.15, 0.2) is 0 Å². The van der Waals surface area contributed by atoms with E-state index in [1.807, 2.05) is 6.56 Å². The van der Waals surface area contributed by atoms with Crippen LogP contribution < -0.4 is 0 Å². The smallest absolute Gasteiger partial charge is 0.219 e. The van der Waals surface area contributed by atoms with Crippen LogP contribution in [0, 0.1) is 0 Å². The zero-order valence-electron chi connectivity index (χ0n) is 2.81. The molecule has 0 aliphatic heterocycles. The van der Waals surface area contributed by atoms with Crippen molar-refractivity contribution < 1.29 is 0 Å². The van der Waals surface area contributed by atoms with Gasteiger partial charge in [0.2, 0.25) is 6.56 Å². The first kappa shape index (κ1) is 3.35. The fourth-order valence-corrected chi connectivity index (χ4v) is 0.375. The maximum atomic E-state index is 3.88. The molecule has 0 nitrogen and oxygen atoms in total. The Kier molecular flexibility index (Phi) is 0.731. The van der Waals surface area contributed by atoms with Crippen molar-refractivity contribution in [3.63, 3.8) is 0 Å². The maximum absolute atomic E-state index is 3.88. The molecule has 1 rings (SSSR count). The van der Waals surface area contributed by atoms with Gasteiger partial charge in [0.1, 0.15) is 0 Å². The van der Waals surface area contributed by atoms with Gasteiger partial charge in [-0.25, -0.2) is 12.5 Å². The van der Waals surface area contributed by atoms with Crippen molar-refractivity contribution in [2.45, 2.75) is 6.42 Å². The average molecular weight is 82.9 g/mol. The van der Waals surface area contributed by atoms with Gasteiger partial charge in [-0.1, -0.05) is 11.5 Å². The lowest BCUT2D eigenvalue weighted by molar-refractivity contribution is 1.67. The summed E-state index contributed by atoms with van der Waals surface area (Å²) in [5, 5.41) is 0. The Morgan fingerprint density at radius 1 is 2.00 bits per heavy atom. The first-order valence-corrected chi connectivity index (χ1v) is 2.11. The summed E-state index contributed by atoms with van der Waals surface area (Å²) in [4.78, 5) is 0. The van der Waals surface area contributed by atoms with E-state index in [2.05, 4.69) is 18.6 Å². The van der Waals surface area contributed by atoms with Crippen LogP contribution in [0.4, 0.5) is 0 Å². The molecule has 1 aliphatic rings. The van der Waals surface area contributed by atoms with Gasteiger partial charge in [0.25, 0.3) is 0 Å². The van der Waals surface area contributed by atoms with Crippen LogP contribution >= 0.6 is 12.5 Å². The van der Waals surface area contributed by atoms with Crippen molar-refractivity contribution in [3.8, 4) is 0 Å². The Hall–Kier alpha value is 0.155. The van der Waals surface area contributed by atoms with E-state index in [1.165, 1.54) is 11.9 Å². The standard InChI is InChI=1S/C3H4BS/c5-4-3-1-2-3/h1,5H,2H2. The first-order chi connectivity index (χ1) is 2.43. The fraction of sp³-hybridized carbons (Fsp3) is 0.333. The van der Waals surface area contributed by atoms with Gasteiger partial charge in [-0.3, -0.25) is 0 Å². The van der Waals surface area contributed by atoms with Gasteiger partial charge >= 0.3 is 0 Å². The second kappa shape index (κ2) is 1.09. The van der Waals surface area contributed by atoms with E-state index in [9.17, 15) is 0 Å². The number of rotatable bonds is 1. The molecule has 0 N–H and O–H groups in total. The minimum Gasteiger partial charge on any atom is -0.228 e. The van der Waals surface area contributed by atoms with E-state index in [0.717, 1.165) is 0 Å². The van der Waals surface area contributed by atoms with Crippen LogP contribution in [0.3, 0.4) is 0 Å². The number of hydrogen-bond acceptors (Lipinski definition) is 1. The minimum atomic E-state index is 1.17. The highest BCUT2D eigenvalue weighted by molar-refractivity contribution is 8.07. The Morgan fingerprint density at radius 3 is 2.60 bits per heavy atom. The second-order valence-corrected chi connectivity index (χ2v) is 1.37. The maximum Gasteiger partial charge on any atom is 0.219 e. The normalized spacial score (nSPS) is 17.4. The summed E-state index contributed by atoms with van der Waals surface area (Å²) in [5.41, 5.74) is 1.37. The van der Waals surface area contributed by atoms with Crippen LogP contribution in [-0.4, -0.2) is 6.56 Å². The molecule has 2 heteroatoms. The van der Waals surface area contributed by atoms with Crippen molar-refractivity contribution in [2.24, 2.45) is 0 Å². The van der Waals surface area contributed by atoms with Crippen molar-refractivity contribution in [1.29, 1.82) is 0 Å². The van der Waals surface area contributed by atoms with Gasteiger partial charge < -0.3 is 0 Å². The van der Waals surface area contributed by atoms with E-state index in [-0.39, 0.29) is 0 Å². The number of hydrogen-bond donors (Lipinski definition) is 1. The molecule has 0 heterocycles. The van der Waals surface area contributed by atoms with Gasteiger partial charge in [-0.05, 0) is 6.42 Å². The average Bonchev–Trinajstić information content (AvgIpc) is 2.12. The zero-order valence-corrected chi connectivity index (χ0v) is 3.70. The molecule has 25 valence electrons. The second-order valence-electron chi connectivity index (χ2n) is 1.11. The third-order valence-corrected chi connectivity index (χ3v) is 0.937. The molecule has 0 aromatic heterocycles. The molecule has 5 heavy (non-hydrogen) atoms. The Labute approximate surface area is 37.8 Å². The lowest BCUT2D eigenvalue weighted by atomic mass is 10.1. The van der Waals surface area contributed by atoms with Crippen molar-refractivity contribution in [2.75, 3.05) is 0 Å². The quantitative estimate of drug-likeness (QED) is 0.352. The molecule has 0 atom stereocenters. The highest BCUT2D eigenvalue weighted by atomic mass is 32.1. The number of allylic oxidation sites excluding steroid dienone is 2. The molecule has 0 fully saturated rings. The molecule has 0 spiro atoms. The molecule has 1 radical (unpaired) electrons. The molecule has 1 aliphatic carbocycles. The third-order valence-electron chi connectivity index (χ3n) is 0.606. The molecule has 0 aromatic rings. The fourth-order valence-electron chi connectivity index (χ4n) is 0.164. The van der Waals surface area contributed by atoms with Gasteiger partial charge in [-0.15, -0.1) is 0 Å². The summed E-state index contributed by atoms with van der Waals surface area (Å²) in [6, 6.07) is 0. The predicted octanol–water partition coefficient (Wildman–Crippen LogP) is 0.823. The molecule has 0 saturated carbocycles. The Balaban J connectivity index is 2.22. The SMILES string of the molecule is S[B]C1=CC1. The van der Waals surface area contributed by atoms with Crippen molar-refractivity contribution in [3.05, 3.63) is 11.5 Å². The summed E-state index contributed by atoms with van der Waals surface area (Å²) in [6.07, 6.45) is 3.30. The molecular weight excluding hydrogens is 78.9 g/mol. The van der Waals surface area contributed by atoms with Crippen LogP contribution in [0.2, 0.25) is 0 Å². The molecule has 0 unspecified atom stereocenters. The van der Waals surface area contributed by atoms with E-state index in [4.69, 9.17) is 0 Å². The van der Waals surface area contributed by atoms with Crippen molar-refractivity contribution >= 4 is 19.0 Å². The highest BCUT2D eigenvalue weighted by Gasteiger charge is 2.02. The van der Waals surface area contributed by atoms with Gasteiger partial charge in [-0.2, -0.15) is 0 Å². The van der Waals surface area contributed by atoms with Crippen LogP contribution in [0.5, 0.6) is 0 Å². The molecule has 0 amide bonds.